The minimum atomic E-state index is -0.602. The van der Waals surface area contributed by atoms with E-state index in [1.807, 2.05) is 50.5 Å². The number of anilines is 1. The summed E-state index contributed by atoms with van der Waals surface area (Å²) in [6, 6.07) is 15.4. The first-order valence-corrected chi connectivity index (χ1v) is 11.8. The number of benzene rings is 2. The van der Waals surface area contributed by atoms with Gasteiger partial charge in [-0.25, -0.2) is 9.78 Å². The number of aryl methyl sites for hydroxylation is 1. The van der Waals surface area contributed by atoms with E-state index in [0.717, 1.165) is 18.4 Å². The summed E-state index contributed by atoms with van der Waals surface area (Å²) in [5, 5.41) is 3.23. The Labute approximate surface area is 195 Å². The second-order valence-electron chi connectivity index (χ2n) is 9.95. The highest BCUT2D eigenvalue weighted by atomic mass is 16.6. The fourth-order valence-electron chi connectivity index (χ4n) is 4.87. The van der Waals surface area contributed by atoms with Crippen LogP contribution in [-0.2, 0) is 4.74 Å². The molecule has 0 saturated heterocycles. The Balaban J connectivity index is 1.78. The number of ether oxygens (including phenoxy) is 1. The number of carbonyl (C=O) groups excluding carboxylic acids is 1. The summed E-state index contributed by atoms with van der Waals surface area (Å²) < 4.78 is 7.22. The highest BCUT2D eigenvalue weighted by Gasteiger charge is 2.29. The molecule has 6 heteroatoms. The number of rotatable bonds is 4. The van der Waals surface area contributed by atoms with E-state index in [9.17, 15) is 9.59 Å². The summed E-state index contributed by atoms with van der Waals surface area (Å²) in [4.78, 5) is 30.9. The fourth-order valence-corrected chi connectivity index (χ4v) is 4.87. The van der Waals surface area contributed by atoms with Crippen LogP contribution in [0.4, 0.5) is 10.5 Å². The van der Waals surface area contributed by atoms with Gasteiger partial charge in [-0.2, -0.15) is 0 Å². The van der Waals surface area contributed by atoms with Gasteiger partial charge in [0.15, 0.2) is 0 Å². The molecule has 0 spiro atoms. The molecule has 1 saturated carbocycles. The molecule has 6 nitrogen and oxygen atoms in total. The molecule has 1 fully saturated rings. The van der Waals surface area contributed by atoms with E-state index in [-0.39, 0.29) is 11.6 Å². The molecule has 33 heavy (non-hydrogen) atoms. The van der Waals surface area contributed by atoms with E-state index in [4.69, 9.17) is 9.72 Å². The van der Waals surface area contributed by atoms with E-state index < -0.39 is 11.7 Å². The van der Waals surface area contributed by atoms with Crippen molar-refractivity contribution in [3.63, 3.8) is 0 Å². The maximum atomic E-state index is 13.9. The number of nitrogens with zero attached hydrogens (tertiary/aromatic N) is 2. The Hall–Kier alpha value is -3.15. The summed E-state index contributed by atoms with van der Waals surface area (Å²) in [7, 11) is 0. The van der Waals surface area contributed by atoms with Crippen LogP contribution in [0.1, 0.15) is 70.3 Å². The van der Waals surface area contributed by atoms with Gasteiger partial charge in [0.05, 0.1) is 16.9 Å². The molecule has 1 unspecified atom stereocenters. The van der Waals surface area contributed by atoms with Crippen molar-refractivity contribution in [2.75, 3.05) is 5.32 Å². The van der Waals surface area contributed by atoms with E-state index in [1.54, 1.807) is 18.2 Å². The molecule has 1 aliphatic rings. The van der Waals surface area contributed by atoms with Crippen LogP contribution in [0.3, 0.4) is 0 Å². The number of carbonyl (C=O) groups is 1. The van der Waals surface area contributed by atoms with Gasteiger partial charge < -0.3 is 4.74 Å². The second kappa shape index (κ2) is 9.38. The molecule has 2 aromatic carbocycles. The van der Waals surface area contributed by atoms with Crippen LogP contribution in [0.5, 0.6) is 0 Å². The smallest absolute Gasteiger partial charge is 0.412 e. The highest BCUT2D eigenvalue weighted by molar-refractivity contribution is 5.89. The minimum absolute atomic E-state index is 0.0571. The van der Waals surface area contributed by atoms with Crippen molar-refractivity contribution in [1.29, 1.82) is 0 Å². The van der Waals surface area contributed by atoms with E-state index >= 15 is 0 Å². The fraction of sp³-hybridized carbons (Fsp3) is 0.444. The summed E-state index contributed by atoms with van der Waals surface area (Å²) in [5.74, 6) is 1.10. The summed E-state index contributed by atoms with van der Waals surface area (Å²) in [6.45, 7) is 7.35. The van der Waals surface area contributed by atoms with Crippen molar-refractivity contribution in [3.05, 3.63) is 70.3 Å². The Bertz CT molecular complexity index is 1190. The quantitative estimate of drug-likeness (QED) is 0.515. The highest BCUT2D eigenvalue weighted by Crippen LogP contribution is 2.37. The van der Waals surface area contributed by atoms with Crippen molar-refractivity contribution in [2.24, 2.45) is 5.92 Å². The Morgan fingerprint density at radius 3 is 2.45 bits per heavy atom. The van der Waals surface area contributed by atoms with Crippen molar-refractivity contribution in [1.82, 2.24) is 9.55 Å². The van der Waals surface area contributed by atoms with Crippen molar-refractivity contribution < 1.29 is 9.53 Å². The lowest BCUT2D eigenvalue weighted by atomic mass is 9.81. The van der Waals surface area contributed by atoms with Crippen LogP contribution in [0, 0.1) is 12.8 Å². The standard InChI is InChI=1S/C27H33N3O3/c1-18-28-23-16-15-21(29-26(32)33-27(2,3)4)17-22(23)25(31)30(18)24(19-11-7-5-8-12-19)20-13-9-6-10-14-20/h5,7-8,11-12,15-17,20,24H,6,9-10,13-14H2,1-4H3,(H,29,32). The maximum absolute atomic E-state index is 13.9. The Morgan fingerprint density at radius 1 is 1.09 bits per heavy atom. The molecule has 3 aromatic rings. The third-order valence-corrected chi connectivity index (χ3v) is 6.24. The number of amides is 1. The second-order valence-corrected chi connectivity index (χ2v) is 9.95. The van der Waals surface area contributed by atoms with Crippen LogP contribution in [-0.4, -0.2) is 21.2 Å². The van der Waals surface area contributed by atoms with Crippen molar-refractivity contribution in [2.45, 2.75) is 71.4 Å². The van der Waals surface area contributed by atoms with Crippen LogP contribution in [0.2, 0.25) is 0 Å². The number of aromatic nitrogens is 2. The van der Waals surface area contributed by atoms with E-state index in [0.29, 0.717) is 28.3 Å². The molecule has 1 aromatic heterocycles. The molecule has 0 radical (unpaired) electrons. The number of fused-ring (bicyclic) bond motifs is 1. The molecule has 1 aliphatic carbocycles. The minimum Gasteiger partial charge on any atom is -0.444 e. The lowest BCUT2D eigenvalue weighted by Gasteiger charge is -2.33. The topological polar surface area (TPSA) is 73.2 Å². The lowest BCUT2D eigenvalue weighted by molar-refractivity contribution is 0.0636. The molecular weight excluding hydrogens is 414 g/mol. The normalized spacial score (nSPS) is 15.9. The first kappa shape index (κ1) is 23.0. The van der Waals surface area contributed by atoms with Gasteiger partial charge in [0, 0.05) is 5.69 Å². The number of nitrogens with one attached hydrogen (secondary N) is 1. The predicted octanol–water partition coefficient (Wildman–Crippen LogP) is 6.22. The van der Waals surface area contributed by atoms with Gasteiger partial charge in [0.2, 0.25) is 0 Å². The zero-order valence-electron chi connectivity index (χ0n) is 19.9. The zero-order chi connectivity index (χ0) is 23.6. The summed E-state index contributed by atoms with van der Waals surface area (Å²) in [5.41, 5.74) is 1.59. The molecule has 1 N–H and O–H groups in total. The molecule has 1 atom stereocenters. The van der Waals surface area contributed by atoms with E-state index in [1.165, 1.54) is 19.3 Å². The molecule has 0 bridgehead atoms. The predicted molar refractivity (Wildman–Crippen MR) is 132 cm³/mol. The van der Waals surface area contributed by atoms with Gasteiger partial charge in [-0.1, -0.05) is 49.6 Å². The van der Waals surface area contributed by atoms with Gasteiger partial charge in [0.25, 0.3) is 5.56 Å². The first-order chi connectivity index (χ1) is 15.7. The SMILES string of the molecule is Cc1nc2ccc(NC(=O)OC(C)(C)C)cc2c(=O)n1C(c1ccccc1)C1CCCCC1. The van der Waals surface area contributed by atoms with Crippen molar-refractivity contribution >= 4 is 22.7 Å². The van der Waals surface area contributed by atoms with E-state index in [2.05, 4.69) is 17.4 Å². The molecular formula is C27H33N3O3. The molecule has 0 aliphatic heterocycles. The lowest BCUT2D eigenvalue weighted by Crippen LogP contribution is -2.34. The van der Waals surface area contributed by atoms with Crippen LogP contribution in [0.25, 0.3) is 10.9 Å². The van der Waals surface area contributed by atoms with Gasteiger partial charge in [-0.3, -0.25) is 14.7 Å². The summed E-state index contributed by atoms with van der Waals surface area (Å²) >= 11 is 0. The van der Waals surface area contributed by atoms with Gasteiger partial charge in [-0.05, 0) is 70.2 Å². The Kier molecular flexibility index (Phi) is 6.54. The average molecular weight is 448 g/mol. The first-order valence-electron chi connectivity index (χ1n) is 11.8. The van der Waals surface area contributed by atoms with Crippen LogP contribution in [0.15, 0.2) is 53.3 Å². The molecule has 174 valence electrons. The van der Waals surface area contributed by atoms with Gasteiger partial charge >= 0.3 is 6.09 Å². The van der Waals surface area contributed by atoms with Gasteiger partial charge in [0.1, 0.15) is 11.4 Å². The molecule has 1 heterocycles. The number of hydrogen-bond donors (Lipinski definition) is 1. The van der Waals surface area contributed by atoms with Crippen LogP contribution < -0.4 is 10.9 Å². The third kappa shape index (κ3) is 5.27. The Morgan fingerprint density at radius 2 is 1.79 bits per heavy atom. The maximum Gasteiger partial charge on any atom is 0.412 e. The third-order valence-electron chi connectivity index (χ3n) is 6.24. The zero-order valence-corrected chi connectivity index (χ0v) is 19.9. The number of hydrogen-bond acceptors (Lipinski definition) is 4. The summed E-state index contributed by atoms with van der Waals surface area (Å²) in [6.07, 6.45) is 5.28. The van der Waals surface area contributed by atoms with Crippen LogP contribution >= 0.6 is 0 Å². The average Bonchev–Trinajstić information content (AvgIpc) is 2.77. The monoisotopic (exact) mass is 447 g/mol. The molecule has 1 amide bonds. The molecule has 4 rings (SSSR count). The van der Waals surface area contributed by atoms with Gasteiger partial charge in [-0.15, -0.1) is 0 Å². The van der Waals surface area contributed by atoms with Crippen molar-refractivity contribution in [3.8, 4) is 0 Å². The largest absolute Gasteiger partial charge is 0.444 e.